The van der Waals surface area contributed by atoms with Crippen molar-refractivity contribution in [2.24, 2.45) is 0 Å². The van der Waals surface area contributed by atoms with Crippen LogP contribution in [0, 0.1) is 0 Å². The number of hydrogen-bond donors (Lipinski definition) is 1. The topological polar surface area (TPSA) is 79.0 Å². The lowest BCUT2D eigenvalue weighted by Gasteiger charge is -2.32. The molecule has 0 aromatic heterocycles. The molecule has 1 aliphatic heterocycles. The number of nitrogens with one attached hydrogen (secondary N) is 1. The molecule has 3 rings (SSSR count). The molecule has 1 atom stereocenters. The Hall–Kier alpha value is -2.05. The fraction of sp³-hybridized carbons (Fsp3) is 0.480. The van der Waals surface area contributed by atoms with Gasteiger partial charge in [0.2, 0.25) is 15.9 Å². The van der Waals surface area contributed by atoms with Gasteiger partial charge in [-0.25, -0.2) is 8.42 Å². The van der Waals surface area contributed by atoms with Crippen molar-refractivity contribution >= 4 is 44.8 Å². The summed E-state index contributed by atoms with van der Waals surface area (Å²) in [4.78, 5) is 17.1. The van der Waals surface area contributed by atoms with Gasteiger partial charge in [-0.15, -0.1) is 0 Å². The number of likely N-dealkylation sites (tertiary alicyclic amines) is 1. The maximum Gasteiger partial charge on any atom is 0.411 e. The van der Waals surface area contributed by atoms with Gasteiger partial charge in [0.05, 0.1) is 34.9 Å². The molecule has 0 aliphatic carbocycles. The Morgan fingerprint density at radius 1 is 1.13 bits per heavy atom. The molecule has 1 saturated heterocycles. The minimum Gasteiger partial charge on any atom is -0.371 e. The number of nitrogens with zero attached hydrogens (tertiary/aromatic N) is 2. The highest BCUT2D eigenvalue weighted by Crippen LogP contribution is 2.28. The van der Waals surface area contributed by atoms with Crippen molar-refractivity contribution in [1.82, 2.24) is 9.80 Å². The zero-order valence-electron chi connectivity index (χ0n) is 20.8. The van der Waals surface area contributed by atoms with E-state index in [0.717, 1.165) is 31.5 Å². The van der Waals surface area contributed by atoms with E-state index >= 15 is 0 Å². The van der Waals surface area contributed by atoms with Gasteiger partial charge in [-0.1, -0.05) is 41.4 Å². The summed E-state index contributed by atoms with van der Waals surface area (Å²) in [6, 6.07) is 11.3. The predicted molar refractivity (Wildman–Crippen MR) is 142 cm³/mol. The van der Waals surface area contributed by atoms with Crippen molar-refractivity contribution in [3.63, 3.8) is 0 Å². The lowest BCUT2D eigenvalue weighted by molar-refractivity contribution is -0.172. The van der Waals surface area contributed by atoms with Crippen molar-refractivity contribution in [2.75, 3.05) is 50.4 Å². The third kappa shape index (κ3) is 9.60. The Morgan fingerprint density at radius 2 is 1.84 bits per heavy atom. The highest BCUT2D eigenvalue weighted by Gasteiger charge is 2.28. The molecular weight excluding hydrogens is 566 g/mol. The number of halogens is 5. The maximum absolute atomic E-state index is 13.3. The lowest BCUT2D eigenvalue weighted by Crippen LogP contribution is -2.39. The number of hydrogen-bond acceptors (Lipinski definition) is 5. The van der Waals surface area contributed by atoms with Crippen LogP contribution in [0.3, 0.4) is 0 Å². The second-order valence-electron chi connectivity index (χ2n) is 9.17. The molecule has 2 aromatic rings. The summed E-state index contributed by atoms with van der Waals surface area (Å²) in [5.41, 5.74) is 1.68. The van der Waals surface area contributed by atoms with Gasteiger partial charge < -0.3 is 14.5 Å². The Bertz CT molecular complexity index is 1210. The van der Waals surface area contributed by atoms with Crippen molar-refractivity contribution in [1.29, 1.82) is 0 Å². The predicted octanol–water partition coefficient (Wildman–Crippen LogP) is 5.15. The first-order chi connectivity index (χ1) is 17.8. The highest BCUT2D eigenvalue weighted by atomic mass is 35.5. The fourth-order valence-corrected chi connectivity index (χ4v) is 5.43. The molecule has 0 saturated carbocycles. The van der Waals surface area contributed by atoms with Gasteiger partial charge in [0.25, 0.3) is 0 Å². The molecule has 38 heavy (non-hydrogen) atoms. The average Bonchev–Trinajstić information content (AvgIpc) is 3.35. The second-order valence-corrected chi connectivity index (χ2v) is 11.8. The first-order valence-electron chi connectivity index (χ1n) is 12.0. The Morgan fingerprint density at radius 3 is 2.50 bits per heavy atom. The van der Waals surface area contributed by atoms with E-state index in [0.29, 0.717) is 22.2 Å². The highest BCUT2D eigenvalue weighted by molar-refractivity contribution is 7.92. The summed E-state index contributed by atoms with van der Waals surface area (Å²) >= 11 is 12.1. The van der Waals surface area contributed by atoms with E-state index in [1.807, 2.05) is 6.07 Å². The summed E-state index contributed by atoms with van der Waals surface area (Å²) in [5, 5.41) is 0.756. The molecule has 1 aliphatic rings. The third-order valence-corrected chi connectivity index (χ3v) is 8.13. The molecule has 0 radical (unpaired) electrons. The van der Waals surface area contributed by atoms with Crippen molar-refractivity contribution < 1.29 is 31.1 Å². The maximum atomic E-state index is 13.3. The summed E-state index contributed by atoms with van der Waals surface area (Å²) < 4.78 is 68.3. The number of anilines is 1. The van der Waals surface area contributed by atoms with Crippen molar-refractivity contribution in [3.05, 3.63) is 63.6 Å². The molecular formula is C25H30Cl2F3N3O4S. The molecule has 0 spiro atoms. The number of sulfonamides is 1. The van der Waals surface area contributed by atoms with E-state index in [1.165, 1.54) is 0 Å². The van der Waals surface area contributed by atoms with E-state index in [4.69, 9.17) is 23.2 Å². The monoisotopic (exact) mass is 595 g/mol. The summed E-state index contributed by atoms with van der Waals surface area (Å²) in [6.07, 6.45) is -2.30. The number of likely N-dealkylation sites (N-methyl/N-ethyl adjacent to an activating group) is 1. The summed E-state index contributed by atoms with van der Waals surface area (Å²) in [7, 11) is -2.25. The zero-order chi connectivity index (χ0) is 27.9. The molecule has 1 heterocycles. The van der Waals surface area contributed by atoms with E-state index < -0.39 is 35.2 Å². The number of amides is 1. The summed E-state index contributed by atoms with van der Waals surface area (Å²) in [6.45, 7) is 0.243. The number of ether oxygens (including phenoxy) is 1. The normalized spacial score (nSPS) is 15.4. The number of carbonyl (C=O) groups is 1. The van der Waals surface area contributed by atoms with Crippen LogP contribution in [0.25, 0.3) is 0 Å². The molecule has 13 heteroatoms. The first kappa shape index (κ1) is 30.5. The van der Waals surface area contributed by atoms with Crippen LogP contribution >= 0.6 is 23.2 Å². The molecule has 1 N–H and O–H groups in total. The van der Waals surface area contributed by atoms with E-state index in [-0.39, 0.29) is 24.1 Å². The van der Waals surface area contributed by atoms with Crippen molar-refractivity contribution in [2.45, 2.75) is 31.5 Å². The first-order valence-corrected chi connectivity index (χ1v) is 14.4. The smallest absolute Gasteiger partial charge is 0.371 e. The SMILES string of the molecule is CN(C(=O)Cc1ccc(Cl)c(Cl)c1)[C@H](CN1CCCC1)c1cccc(NS(=O)(=O)CCOCC(F)(F)F)c1. The molecule has 1 amide bonds. The van der Waals surface area contributed by atoms with E-state index in [9.17, 15) is 26.4 Å². The van der Waals surface area contributed by atoms with Crippen LogP contribution in [0.2, 0.25) is 10.0 Å². The molecule has 7 nitrogen and oxygen atoms in total. The molecule has 210 valence electrons. The van der Waals surface area contributed by atoms with Crippen LogP contribution < -0.4 is 4.72 Å². The summed E-state index contributed by atoms with van der Waals surface area (Å²) in [5.74, 6) is -0.785. The molecule has 0 bridgehead atoms. The average molecular weight is 596 g/mol. The van der Waals surface area contributed by atoms with Crippen LogP contribution in [-0.2, 0) is 26.0 Å². The Labute approximate surface area is 230 Å². The van der Waals surface area contributed by atoms with Gasteiger partial charge in [0.1, 0.15) is 6.61 Å². The number of benzene rings is 2. The minimum absolute atomic E-state index is 0.105. The van der Waals surface area contributed by atoms with Crippen molar-refractivity contribution in [3.8, 4) is 0 Å². The van der Waals surface area contributed by atoms with Crippen LogP contribution in [0.4, 0.5) is 18.9 Å². The van der Waals surface area contributed by atoms with Gasteiger partial charge >= 0.3 is 6.18 Å². The van der Waals surface area contributed by atoms with Gasteiger partial charge in [-0.05, 0) is 61.3 Å². The third-order valence-electron chi connectivity index (χ3n) is 6.14. The zero-order valence-corrected chi connectivity index (χ0v) is 23.1. The van der Waals surface area contributed by atoms with Crippen LogP contribution in [-0.4, -0.2) is 75.9 Å². The molecule has 0 unspecified atom stereocenters. The van der Waals surface area contributed by atoms with Gasteiger partial charge in [0, 0.05) is 19.3 Å². The van der Waals surface area contributed by atoms with E-state index in [1.54, 1.807) is 48.3 Å². The molecule has 1 fully saturated rings. The van der Waals surface area contributed by atoms with Crippen LogP contribution in [0.5, 0.6) is 0 Å². The van der Waals surface area contributed by atoms with E-state index in [2.05, 4.69) is 14.4 Å². The second kappa shape index (κ2) is 13.3. The fourth-order valence-electron chi connectivity index (χ4n) is 4.18. The number of alkyl halides is 3. The quantitative estimate of drug-likeness (QED) is 0.343. The minimum atomic E-state index is -4.53. The lowest BCUT2D eigenvalue weighted by atomic mass is 10.0. The van der Waals surface area contributed by atoms with Crippen LogP contribution in [0.1, 0.15) is 30.0 Å². The van der Waals surface area contributed by atoms with Gasteiger partial charge in [0.15, 0.2) is 0 Å². The number of rotatable bonds is 12. The van der Waals surface area contributed by atoms with Gasteiger partial charge in [-0.2, -0.15) is 13.2 Å². The van der Waals surface area contributed by atoms with Gasteiger partial charge in [-0.3, -0.25) is 9.52 Å². The van der Waals surface area contributed by atoms with Crippen LogP contribution in [0.15, 0.2) is 42.5 Å². The Kier molecular flexibility index (Phi) is 10.7. The Balaban J connectivity index is 1.74. The largest absolute Gasteiger partial charge is 0.411 e. The molecule has 2 aromatic carbocycles. The number of carbonyl (C=O) groups excluding carboxylic acids is 1. The standard InChI is InChI=1S/C25H30Cl2F3N3O4S/c1-32(24(34)14-18-7-8-21(26)22(27)13-18)23(16-33-9-2-3-10-33)19-5-4-6-20(15-19)31-38(35,36)12-11-37-17-25(28,29)30/h4-8,13,15,23,31H,2-3,9-12,14,16-17H2,1H3/t23-/m1/s1.